The smallest absolute Gasteiger partial charge is 0.351 e. The van der Waals surface area contributed by atoms with Crippen LogP contribution in [0.15, 0.2) is 36.5 Å². The van der Waals surface area contributed by atoms with Crippen LogP contribution in [0.3, 0.4) is 0 Å². The zero-order chi connectivity index (χ0) is 14.8. The number of anilines is 2. The van der Waals surface area contributed by atoms with Gasteiger partial charge in [0.2, 0.25) is 0 Å². The third kappa shape index (κ3) is 3.05. The van der Waals surface area contributed by atoms with Crippen LogP contribution >= 0.6 is 0 Å². The topological polar surface area (TPSA) is 50.9 Å². The first kappa shape index (κ1) is 14.3. The first-order valence-electron chi connectivity index (χ1n) is 5.69. The number of nitrogens with one attached hydrogen (secondary N) is 1. The summed E-state index contributed by atoms with van der Waals surface area (Å²) >= 11 is 0. The Morgan fingerprint density at radius 3 is 2.45 bits per heavy atom. The van der Waals surface area contributed by atoms with Gasteiger partial charge in [-0.1, -0.05) is 6.07 Å². The maximum Gasteiger partial charge on any atom is 0.418 e. The van der Waals surface area contributed by atoms with Gasteiger partial charge in [-0.3, -0.25) is 4.98 Å². The number of para-hydroxylation sites is 1. The van der Waals surface area contributed by atoms with Crippen LogP contribution < -0.4 is 11.1 Å². The molecular formula is C13H11F4N3. The van der Waals surface area contributed by atoms with Gasteiger partial charge in [-0.2, -0.15) is 13.2 Å². The molecule has 0 bridgehead atoms. The second kappa shape index (κ2) is 5.46. The highest BCUT2D eigenvalue weighted by Gasteiger charge is 2.34. The molecule has 0 unspecified atom stereocenters. The van der Waals surface area contributed by atoms with Crippen molar-refractivity contribution < 1.29 is 17.6 Å². The Labute approximate surface area is 112 Å². The Kier molecular flexibility index (Phi) is 3.89. The van der Waals surface area contributed by atoms with Gasteiger partial charge >= 0.3 is 6.18 Å². The van der Waals surface area contributed by atoms with E-state index in [-0.39, 0.29) is 12.2 Å². The SMILES string of the molecule is NCc1ccc(Nc2c(F)cccc2C(F)(F)F)cn1. The average Bonchev–Trinajstić information content (AvgIpc) is 2.40. The first-order valence-corrected chi connectivity index (χ1v) is 5.69. The van der Waals surface area contributed by atoms with Gasteiger partial charge in [0.15, 0.2) is 0 Å². The number of alkyl halides is 3. The van der Waals surface area contributed by atoms with Crippen molar-refractivity contribution >= 4 is 11.4 Å². The summed E-state index contributed by atoms with van der Waals surface area (Å²) in [6, 6.07) is 5.82. The fraction of sp³-hybridized carbons (Fsp3) is 0.154. The molecule has 1 aromatic heterocycles. The van der Waals surface area contributed by atoms with Crippen molar-refractivity contribution in [1.29, 1.82) is 0 Å². The highest BCUT2D eigenvalue weighted by Crippen LogP contribution is 2.37. The molecule has 0 fully saturated rings. The van der Waals surface area contributed by atoms with Gasteiger partial charge < -0.3 is 11.1 Å². The van der Waals surface area contributed by atoms with Crippen LogP contribution in [0.5, 0.6) is 0 Å². The van der Waals surface area contributed by atoms with Gasteiger partial charge in [-0.05, 0) is 24.3 Å². The summed E-state index contributed by atoms with van der Waals surface area (Å²) in [5.41, 5.74) is 4.51. The maximum absolute atomic E-state index is 13.6. The van der Waals surface area contributed by atoms with Gasteiger partial charge in [0.1, 0.15) is 5.82 Å². The average molecular weight is 285 g/mol. The summed E-state index contributed by atoms with van der Waals surface area (Å²) in [5, 5.41) is 2.40. The number of hydrogen-bond donors (Lipinski definition) is 2. The number of halogens is 4. The lowest BCUT2D eigenvalue weighted by atomic mass is 10.1. The number of benzene rings is 1. The Hall–Kier alpha value is -2.15. The summed E-state index contributed by atoms with van der Waals surface area (Å²) in [4.78, 5) is 3.92. The lowest BCUT2D eigenvalue weighted by molar-refractivity contribution is -0.137. The standard InChI is InChI=1S/C13H11F4N3/c14-11-3-1-2-10(13(15,16)17)12(11)20-9-5-4-8(6-18)19-7-9/h1-5,7,20H,6,18H2. The number of pyridine rings is 1. The van der Waals surface area contributed by atoms with E-state index in [2.05, 4.69) is 10.3 Å². The van der Waals surface area contributed by atoms with Crippen LogP contribution in [0.4, 0.5) is 28.9 Å². The van der Waals surface area contributed by atoms with Crippen molar-refractivity contribution in [3.05, 3.63) is 53.6 Å². The Morgan fingerprint density at radius 1 is 1.15 bits per heavy atom. The van der Waals surface area contributed by atoms with E-state index in [1.54, 1.807) is 6.07 Å². The quantitative estimate of drug-likeness (QED) is 0.849. The van der Waals surface area contributed by atoms with Crippen LogP contribution in [0.2, 0.25) is 0 Å². The van der Waals surface area contributed by atoms with Crippen LogP contribution in [-0.2, 0) is 12.7 Å². The molecule has 106 valence electrons. The Bertz CT molecular complexity index is 594. The largest absolute Gasteiger partial charge is 0.418 e. The highest BCUT2D eigenvalue weighted by atomic mass is 19.4. The minimum absolute atomic E-state index is 0.216. The second-order valence-electron chi connectivity index (χ2n) is 4.03. The molecule has 0 aliphatic carbocycles. The molecule has 3 nitrogen and oxygen atoms in total. The van der Waals surface area contributed by atoms with Crippen LogP contribution in [0.1, 0.15) is 11.3 Å². The van der Waals surface area contributed by atoms with Gasteiger partial charge in [0.05, 0.1) is 28.8 Å². The van der Waals surface area contributed by atoms with Crippen molar-refractivity contribution in [1.82, 2.24) is 4.98 Å². The lowest BCUT2D eigenvalue weighted by Crippen LogP contribution is -2.10. The highest BCUT2D eigenvalue weighted by molar-refractivity contribution is 5.64. The van der Waals surface area contributed by atoms with Gasteiger partial charge in [0.25, 0.3) is 0 Å². The molecule has 7 heteroatoms. The van der Waals surface area contributed by atoms with E-state index in [1.807, 2.05) is 0 Å². The fourth-order valence-corrected chi connectivity index (χ4v) is 1.65. The van der Waals surface area contributed by atoms with Gasteiger partial charge in [0, 0.05) is 6.54 Å². The lowest BCUT2D eigenvalue weighted by Gasteiger charge is -2.15. The summed E-state index contributed by atoms with van der Waals surface area (Å²) < 4.78 is 52.0. The van der Waals surface area contributed by atoms with Crippen molar-refractivity contribution in [2.45, 2.75) is 12.7 Å². The molecule has 1 aromatic carbocycles. The fourth-order valence-electron chi connectivity index (χ4n) is 1.65. The summed E-state index contributed by atoms with van der Waals surface area (Å²) in [6.45, 7) is 0.216. The summed E-state index contributed by atoms with van der Waals surface area (Å²) in [7, 11) is 0. The Balaban J connectivity index is 2.37. The van der Waals surface area contributed by atoms with E-state index in [0.29, 0.717) is 5.69 Å². The molecule has 2 aromatic rings. The van der Waals surface area contributed by atoms with E-state index in [9.17, 15) is 17.6 Å². The molecule has 0 radical (unpaired) electrons. The minimum Gasteiger partial charge on any atom is -0.351 e. The molecule has 2 rings (SSSR count). The first-order chi connectivity index (χ1) is 9.41. The number of nitrogens with two attached hydrogens (primary N) is 1. The van der Waals surface area contributed by atoms with Crippen molar-refractivity contribution in [3.63, 3.8) is 0 Å². The van der Waals surface area contributed by atoms with E-state index in [0.717, 1.165) is 18.2 Å². The third-order valence-electron chi connectivity index (χ3n) is 2.62. The van der Waals surface area contributed by atoms with E-state index in [4.69, 9.17) is 5.73 Å². The molecule has 0 aliphatic rings. The molecule has 0 atom stereocenters. The number of rotatable bonds is 3. The van der Waals surface area contributed by atoms with E-state index >= 15 is 0 Å². The molecule has 3 N–H and O–H groups in total. The maximum atomic E-state index is 13.6. The summed E-state index contributed by atoms with van der Waals surface area (Å²) in [5.74, 6) is -0.984. The second-order valence-corrected chi connectivity index (χ2v) is 4.03. The van der Waals surface area contributed by atoms with Gasteiger partial charge in [-0.15, -0.1) is 0 Å². The normalized spacial score (nSPS) is 11.4. The molecule has 0 aliphatic heterocycles. The monoisotopic (exact) mass is 285 g/mol. The predicted octanol–water partition coefficient (Wildman–Crippen LogP) is 3.44. The number of aromatic nitrogens is 1. The zero-order valence-corrected chi connectivity index (χ0v) is 10.2. The van der Waals surface area contributed by atoms with Crippen LogP contribution in [-0.4, -0.2) is 4.98 Å². The predicted molar refractivity (Wildman–Crippen MR) is 66.8 cm³/mol. The molecule has 0 spiro atoms. The van der Waals surface area contributed by atoms with E-state index in [1.165, 1.54) is 12.3 Å². The molecule has 1 heterocycles. The minimum atomic E-state index is -4.64. The molecular weight excluding hydrogens is 274 g/mol. The molecule has 20 heavy (non-hydrogen) atoms. The molecule has 0 amide bonds. The molecule has 0 saturated heterocycles. The van der Waals surface area contributed by atoms with Crippen molar-refractivity contribution in [2.75, 3.05) is 5.32 Å². The van der Waals surface area contributed by atoms with Crippen molar-refractivity contribution in [2.24, 2.45) is 5.73 Å². The third-order valence-corrected chi connectivity index (χ3v) is 2.62. The number of nitrogens with zero attached hydrogens (tertiary/aromatic N) is 1. The zero-order valence-electron chi connectivity index (χ0n) is 10.2. The Morgan fingerprint density at radius 2 is 1.90 bits per heavy atom. The molecule has 0 saturated carbocycles. The van der Waals surface area contributed by atoms with E-state index < -0.39 is 23.2 Å². The number of hydrogen-bond acceptors (Lipinski definition) is 3. The van der Waals surface area contributed by atoms with Crippen LogP contribution in [0, 0.1) is 5.82 Å². The van der Waals surface area contributed by atoms with Gasteiger partial charge in [-0.25, -0.2) is 4.39 Å². The van der Waals surface area contributed by atoms with Crippen LogP contribution in [0.25, 0.3) is 0 Å². The van der Waals surface area contributed by atoms with Crippen molar-refractivity contribution in [3.8, 4) is 0 Å². The summed E-state index contributed by atoms with van der Waals surface area (Å²) in [6.07, 6.45) is -3.34.